The highest BCUT2D eigenvalue weighted by atomic mass is 16.1. The van der Waals surface area contributed by atoms with Gasteiger partial charge in [0.2, 0.25) is 18.1 Å². The monoisotopic (exact) mass is 281 g/mol. The number of unbranched alkanes of at least 4 members (excludes halogenated alkanes) is 2. The Kier molecular flexibility index (Phi) is 12.4. The van der Waals surface area contributed by atoms with Crippen molar-refractivity contribution in [3.8, 4) is 0 Å². The number of hydrogen-bond acceptors (Lipinski definition) is 5. The van der Waals surface area contributed by atoms with Gasteiger partial charge in [-0.1, -0.05) is 26.2 Å². The van der Waals surface area contributed by atoms with Crippen LogP contribution < -0.4 is 5.32 Å². The summed E-state index contributed by atoms with van der Waals surface area (Å²) in [5.41, 5.74) is 0. The Bertz CT molecular complexity index is 331. The first-order valence-corrected chi connectivity index (χ1v) is 7.15. The van der Waals surface area contributed by atoms with Crippen LogP contribution in [0.4, 0.5) is 0 Å². The molecular weight excluding hydrogens is 258 g/mol. The first-order chi connectivity index (χ1) is 9.74. The molecule has 20 heavy (non-hydrogen) atoms. The van der Waals surface area contributed by atoms with Gasteiger partial charge >= 0.3 is 0 Å². The van der Waals surface area contributed by atoms with Crippen molar-refractivity contribution in [2.24, 2.45) is 9.98 Å². The van der Waals surface area contributed by atoms with E-state index in [1.165, 1.54) is 18.6 Å². The van der Waals surface area contributed by atoms with Gasteiger partial charge in [-0.3, -0.25) is 4.79 Å². The molecule has 6 nitrogen and oxygen atoms in total. The van der Waals surface area contributed by atoms with Crippen LogP contribution in [-0.4, -0.2) is 30.8 Å². The van der Waals surface area contributed by atoms with Crippen LogP contribution in [0.1, 0.15) is 58.3 Å². The maximum absolute atomic E-state index is 10.6. The summed E-state index contributed by atoms with van der Waals surface area (Å²) in [6.45, 7) is 2.96. The third kappa shape index (κ3) is 11.3. The third-order valence-electron chi connectivity index (χ3n) is 2.87. The van der Waals surface area contributed by atoms with Crippen molar-refractivity contribution in [1.29, 1.82) is 0 Å². The molecule has 0 atom stereocenters. The van der Waals surface area contributed by atoms with Crippen molar-refractivity contribution in [1.82, 2.24) is 5.32 Å². The van der Waals surface area contributed by atoms with E-state index in [2.05, 4.69) is 22.2 Å². The number of hydrogen-bond donors (Lipinski definition) is 1. The second-order valence-corrected chi connectivity index (χ2v) is 4.58. The van der Waals surface area contributed by atoms with Gasteiger partial charge in [-0.25, -0.2) is 9.59 Å². The predicted molar refractivity (Wildman–Crippen MR) is 75.7 cm³/mol. The second kappa shape index (κ2) is 13.7. The zero-order valence-electron chi connectivity index (χ0n) is 12.1. The molecule has 0 radical (unpaired) electrons. The molecule has 0 bridgehead atoms. The van der Waals surface area contributed by atoms with Crippen LogP contribution in [-0.2, 0) is 14.4 Å². The van der Waals surface area contributed by atoms with E-state index in [1.807, 2.05) is 0 Å². The van der Waals surface area contributed by atoms with Crippen LogP contribution >= 0.6 is 0 Å². The van der Waals surface area contributed by atoms with Gasteiger partial charge in [-0.2, -0.15) is 9.98 Å². The molecule has 0 aromatic carbocycles. The SMILES string of the molecule is CCCCCC(N=C=O)N=C=O.O=C1CCCCCN1. The average molecular weight is 281 g/mol. The molecule has 1 N–H and O–H groups in total. The van der Waals surface area contributed by atoms with E-state index in [4.69, 9.17) is 0 Å². The van der Waals surface area contributed by atoms with E-state index in [1.54, 1.807) is 0 Å². The Hall–Kier alpha value is -1.77. The van der Waals surface area contributed by atoms with E-state index < -0.39 is 6.17 Å². The first-order valence-electron chi connectivity index (χ1n) is 7.15. The topological polar surface area (TPSA) is 88.0 Å². The summed E-state index contributed by atoms with van der Waals surface area (Å²) in [4.78, 5) is 37.0. The molecule has 112 valence electrons. The standard InChI is InChI=1S/C8H12N2O2.C6H11NO/c1-2-3-4-5-8(9-6-11)10-7-12;8-6-4-2-1-3-5-7-6/h8H,2-5H2,1H3;1-5H2,(H,7,8). The molecule has 1 amide bonds. The molecule has 0 aliphatic carbocycles. The highest BCUT2D eigenvalue weighted by molar-refractivity contribution is 5.75. The summed E-state index contributed by atoms with van der Waals surface area (Å²) >= 11 is 0. The number of rotatable bonds is 6. The lowest BCUT2D eigenvalue weighted by Crippen LogP contribution is -2.21. The lowest BCUT2D eigenvalue weighted by atomic mass is 10.2. The molecule has 0 unspecified atom stereocenters. The van der Waals surface area contributed by atoms with Gasteiger partial charge in [0, 0.05) is 13.0 Å². The summed E-state index contributed by atoms with van der Waals surface area (Å²) < 4.78 is 0. The Morgan fingerprint density at radius 3 is 2.45 bits per heavy atom. The highest BCUT2D eigenvalue weighted by Gasteiger charge is 2.03. The van der Waals surface area contributed by atoms with Gasteiger partial charge in [0.15, 0.2) is 6.17 Å². The molecule has 1 heterocycles. The summed E-state index contributed by atoms with van der Waals surface area (Å²) in [7, 11) is 0. The maximum Gasteiger partial charge on any atom is 0.237 e. The van der Waals surface area contributed by atoms with Crippen molar-refractivity contribution >= 4 is 18.1 Å². The first kappa shape index (κ1) is 18.2. The molecule has 1 saturated heterocycles. The van der Waals surface area contributed by atoms with Crippen molar-refractivity contribution in [2.45, 2.75) is 64.5 Å². The minimum Gasteiger partial charge on any atom is -0.356 e. The van der Waals surface area contributed by atoms with E-state index in [0.29, 0.717) is 6.42 Å². The van der Waals surface area contributed by atoms with Crippen molar-refractivity contribution in [2.75, 3.05) is 6.54 Å². The molecule has 1 rings (SSSR count). The third-order valence-corrected chi connectivity index (χ3v) is 2.87. The van der Waals surface area contributed by atoms with Crippen LogP contribution in [0.25, 0.3) is 0 Å². The Labute approximate surface area is 119 Å². The van der Waals surface area contributed by atoms with E-state index >= 15 is 0 Å². The summed E-state index contributed by atoms with van der Waals surface area (Å²) in [6, 6.07) is 0. The molecule has 0 saturated carbocycles. The maximum atomic E-state index is 10.6. The van der Waals surface area contributed by atoms with Gasteiger partial charge in [-0.05, 0) is 25.7 Å². The number of carbonyl (C=O) groups is 1. The molecule has 1 aliphatic heterocycles. The van der Waals surface area contributed by atoms with Gasteiger partial charge in [0.05, 0.1) is 0 Å². The van der Waals surface area contributed by atoms with Crippen LogP contribution in [0.3, 0.4) is 0 Å². The number of aliphatic imine (C=N–C) groups is 2. The summed E-state index contributed by atoms with van der Waals surface area (Å²) in [5.74, 6) is 0.225. The minimum atomic E-state index is -0.563. The minimum absolute atomic E-state index is 0.225. The number of nitrogens with zero attached hydrogens (tertiary/aromatic N) is 2. The number of nitrogens with one attached hydrogen (secondary N) is 1. The van der Waals surface area contributed by atoms with E-state index in [0.717, 1.165) is 45.1 Å². The molecule has 0 spiro atoms. The fraction of sp³-hybridized carbons (Fsp3) is 0.786. The zero-order chi connectivity index (χ0) is 15.1. The van der Waals surface area contributed by atoms with Crippen LogP contribution in [0.5, 0.6) is 0 Å². The largest absolute Gasteiger partial charge is 0.356 e. The fourth-order valence-electron chi connectivity index (χ4n) is 1.76. The normalized spacial score (nSPS) is 15.3. The van der Waals surface area contributed by atoms with Crippen molar-refractivity contribution < 1.29 is 14.4 Å². The van der Waals surface area contributed by atoms with Crippen molar-refractivity contribution in [3.05, 3.63) is 0 Å². The summed E-state index contributed by atoms with van der Waals surface area (Å²) in [5, 5.41) is 2.81. The average Bonchev–Trinajstić information content (AvgIpc) is 2.68. The van der Waals surface area contributed by atoms with Gasteiger partial charge in [0.25, 0.3) is 0 Å². The van der Waals surface area contributed by atoms with Crippen LogP contribution in [0, 0.1) is 0 Å². The second-order valence-electron chi connectivity index (χ2n) is 4.58. The van der Waals surface area contributed by atoms with Crippen LogP contribution in [0.2, 0.25) is 0 Å². The molecule has 0 aromatic heterocycles. The van der Waals surface area contributed by atoms with Gasteiger partial charge in [-0.15, -0.1) is 0 Å². The Balaban J connectivity index is 0.000000388. The zero-order valence-corrected chi connectivity index (χ0v) is 12.1. The smallest absolute Gasteiger partial charge is 0.237 e. The number of isocyanates is 2. The molecular formula is C14H23N3O3. The van der Waals surface area contributed by atoms with Crippen LogP contribution in [0.15, 0.2) is 9.98 Å². The molecule has 6 heteroatoms. The van der Waals surface area contributed by atoms with Gasteiger partial charge < -0.3 is 5.32 Å². The number of amides is 1. The molecule has 1 aliphatic rings. The van der Waals surface area contributed by atoms with E-state index in [-0.39, 0.29) is 5.91 Å². The fourth-order valence-corrected chi connectivity index (χ4v) is 1.76. The highest BCUT2D eigenvalue weighted by Crippen LogP contribution is 2.06. The quantitative estimate of drug-likeness (QED) is 0.460. The van der Waals surface area contributed by atoms with Crippen molar-refractivity contribution in [3.63, 3.8) is 0 Å². The molecule has 1 fully saturated rings. The lowest BCUT2D eigenvalue weighted by Gasteiger charge is -2.00. The molecule has 0 aromatic rings. The lowest BCUT2D eigenvalue weighted by molar-refractivity contribution is -0.120. The summed E-state index contributed by atoms with van der Waals surface area (Å²) in [6.07, 6.45) is 10.1. The predicted octanol–water partition coefficient (Wildman–Crippen LogP) is 2.24. The van der Waals surface area contributed by atoms with Gasteiger partial charge in [0.1, 0.15) is 0 Å². The Morgan fingerprint density at radius 2 is 1.85 bits per heavy atom. The van der Waals surface area contributed by atoms with E-state index in [9.17, 15) is 14.4 Å². The number of carbonyl (C=O) groups excluding carboxylic acids is 3. The Morgan fingerprint density at radius 1 is 1.15 bits per heavy atom.